The number of anilines is 1. The van der Waals surface area contributed by atoms with Crippen LogP contribution in [0.25, 0.3) is 0 Å². The first-order valence-corrected chi connectivity index (χ1v) is 15.9. The Morgan fingerprint density at radius 1 is 1.43 bits per heavy atom. The highest BCUT2D eigenvalue weighted by atomic mass is 127. The molecule has 1 aliphatic rings. The first-order chi connectivity index (χ1) is 16.5. The van der Waals surface area contributed by atoms with Crippen molar-refractivity contribution < 1.29 is 14.1 Å². The minimum Gasteiger partial charge on any atom is -0.487 e. The van der Waals surface area contributed by atoms with E-state index in [1.807, 2.05) is 17.7 Å². The number of amides is 1. The van der Waals surface area contributed by atoms with Crippen LogP contribution in [0.3, 0.4) is 0 Å². The van der Waals surface area contributed by atoms with Crippen molar-refractivity contribution in [3.05, 3.63) is 41.2 Å². The van der Waals surface area contributed by atoms with E-state index in [0.29, 0.717) is 23.7 Å². The summed E-state index contributed by atoms with van der Waals surface area (Å²) in [6.45, 7) is 12.2. The Bertz CT molecular complexity index is 1090. The SMILES string of the molecule is Cc1cc(CC(=O)Nc2cc(C3CCC(OC(=C/N)/C(=N/PI)C(C)C)C3)nn2C(C)(C)C)on1. The van der Waals surface area contributed by atoms with Crippen LogP contribution in [0, 0.1) is 12.8 Å². The van der Waals surface area contributed by atoms with Gasteiger partial charge in [0.25, 0.3) is 0 Å². The lowest BCUT2D eigenvalue weighted by Gasteiger charge is -2.22. The fourth-order valence-corrected chi connectivity index (χ4v) is 5.48. The van der Waals surface area contributed by atoms with Crippen molar-refractivity contribution in [2.24, 2.45) is 16.4 Å². The highest BCUT2D eigenvalue weighted by Crippen LogP contribution is 2.38. The van der Waals surface area contributed by atoms with Gasteiger partial charge in [0.2, 0.25) is 5.91 Å². The van der Waals surface area contributed by atoms with Gasteiger partial charge in [0.15, 0.2) is 5.76 Å². The minimum absolute atomic E-state index is 0.0452. The van der Waals surface area contributed by atoms with Gasteiger partial charge in [0.05, 0.1) is 41.5 Å². The second-order valence-electron chi connectivity index (χ2n) is 10.2. The zero-order valence-corrected chi connectivity index (χ0v) is 24.4. The topological polar surface area (TPSA) is 121 Å². The quantitative estimate of drug-likeness (QED) is 0.164. The Morgan fingerprint density at radius 2 is 2.17 bits per heavy atom. The van der Waals surface area contributed by atoms with Crippen molar-refractivity contribution in [2.75, 3.05) is 5.32 Å². The summed E-state index contributed by atoms with van der Waals surface area (Å²) < 4.78 is 18.0. The molecule has 3 rings (SSSR count). The summed E-state index contributed by atoms with van der Waals surface area (Å²) in [5, 5.41) is 11.8. The van der Waals surface area contributed by atoms with E-state index in [-0.39, 0.29) is 35.8 Å². The number of hydrogen-bond acceptors (Lipinski definition) is 7. The van der Waals surface area contributed by atoms with Crippen molar-refractivity contribution in [3.8, 4) is 0 Å². The number of allylic oxidation sites excluding steroid dienone is 1. The van der Waals surface area contributed by atoms with Gasteiger partial charge in [0, 0.05) is 24.3 Å². The third-order valence-corrected chi connectivity index (χ3v) is 6.90. The molecule has 3 atom stereocenters. The summed E-state index contributed by atoms with van der Waals surface area (Å²) in [4.78, 5) is 12.7. The van der Waals surface area contributed by atoms with Gasteiger partial charge in [-0.3, -0.25) is 9.56 Å². The maximum absolute atomic E-state index is 12.7. The van der Waals surface area contributed by atoms with E-state index in [1.54, 1.807) is 6.07 Å². The molecule has 0 radical (unpaired) electrons. The Balaban J connectivity index is 1.72. The van der Waals surface area contributed by atoms with Crippen molar-refractivity contribution in [1.29, 1.82) is 0 Å². The number of ether oxygens (including phenoxy) is 1. The van der Waals surface area contributed by atoms with E-state index in [1.165, 1.54) is 6.20 Å². The number of rotatable bonds is 9. The molecule has 0 aliphatic heterocycles. The summed E-state index contributed by atoms with van der Waals surface area (Å²) in [6, 6.07) is 3.75. The van der Waals surface area contributed by atoms with E-state index in [0.717, 1.165) is 36.4 Å². The molecular formula is C24H36IN6O3P. The summed E-state index contributed by atoms with van der Waals surface area (Å²) in [7, 11) is 0. The predicted molar refractivity (Wildman–Crippen MR) is 149 cm³/mol. The Labute approximate surface area is 222 Å². The van der Waals surface area contributed by atoms with Crippen LogP contribution >= 0.6 is 28.4 Å². The number of carbonyl (C=O) groups is 1. The molecule has 0 spiro atoms. The van der Waals surface area contributed by atoms with Gasteiger partial charge in [0.1, 0.15) is 11.6 Å². The summed E-state index contributed by atoms with van der Waals surface area (Å²) in [5.74, 6) is 2.19. The van der Waals surface area contributed by atoms with Gasteiger partial charge in [-0.05, 0) is 74.9 Å². The third-order valence-electron chi connectivity index (χ3n) is 5.85. The molecule has 1 fully saturated rings. The molecule has 1 amide bonds. The molecule has 0 aromatic carbocycles. The minimum atomic E-state index is -0.295. The highest BCUT2D eigenvalue weighted by molar-refractivity contribution is 14.2. The van der Waals surface area contributed by atoms with Gasteiger partial charge < -0.3 is 20.3 Å². The van der Waals surface area contributed by atoms with Crippen molar-refractivity contribution in [1.82, 2.24) is 14.9 Å². The predicted octanol–water partition coefficient (Wildman–Crippen LogP) is 5.61. The van der Waals surface area contributed by atoms with Crippen LogP contribution in [0.15, 0.2) is 33.4 Å². The van der Waals surface area contributed by atoms with E-state index in [4.69, 9.17) is 20.1 Å². The molecule has 35 heavy (non-hydrogen) atoms. The standard InChI is InChI=1S/C24H36IN6O3P/c1-14(2)23(30-35-25)20(13-26)33-17-8-7-16(10-17)19-12-21(31(28-19)24(4,5)6)27-22(32)11-18-9-15(3)29-34-18/h9,12-14,16-17,35H,7-8,10-11,26H2,1-6H3,(H,27,32)/b20-13+,30-23+. The Morgan fingerprint density at radius 3 is 2.74 bits per heavy atom. The smallest absolute Gasteiger partial charge is 0.233 e. The first-order valence-electron chi connectivity index (χ1n) is 11.9. The molecule has 2 aromatic rings. The molecule has 0 saturated heterocycles. The van der Waals surface area contributed by atoms with Crippen molar-refractivity contribution in [3.63, 3.8) is 0 Å². The van der Waals surface area contributed by atoms with Crippen LogP contribution in [0.1, 0.15) is 76.9 Å². The lowest BCUT2D eigenvalue weighted by molar-refractivity contribution is -0.115. The lowest BCUT2D eigenvalue weighted by atomic mass is 10.0. The van der Waals surface area contributed by atoms with Crippen LogP contribution in [-0.4, -0.2) is 32.7 Å². The second kappa shape index (κ2) is 11.9. The summed E-state index contributed by atoms with van der Waals surface area (Å²) in [5.41, 5.74) is 8.23. The number of aromatic nitrogens is 3. The number of aryl methyl sites for hydroxylation is 1. The van der Waals surface area contributed by atoms with Crippen molar-refractivity contribution in [2.45, 2.75) is 84.8 Å². The van der Waals surface area contributed by atoms with Gasteiger partial charge in [-0.15, -0.1) is 0 Å². The Hall–Kier alpha value is -1.94. The largest absolute Gasteiger partial charge is 0.487 e. The fourth-order valence-electron chi connectivity index (χ4n) is 4.24. The number of nitrogens with one attached hydrogen (secondary N) is 1. The number of halogens is 1. The van der Waals surface area contributed by atoms with Gasteiger partial charge >= 0.3 is 0 Å². The molecule has 1 saturated carbocycles. The molecule has 2 heterocycles. The molecule has 0 bridgehead atoms. The van der Waals surface area contributed by atoms with Crippen LogP contribution in [0.4, 0.5) is 5.82 Å². The van der Waals surface area contributed by atoms with Gasteiger partial charge in [-0.1, -0.05) is 19.0 Å². The second-order valence-corrected chi connectivity index (χ2v) is 12.1. The van der Waals surface area contributed by atoms with Crippen LogP contribution in [0.5, 0.6) is 0 Å². The lowest BCUT2D eigenvalue weighted by Crippen LogP contribution is -2.27. The number of hydrogen-bond donors (Lipinski definition) is 2. The highest BCUT2D eigenvalue weighted by Gasteiger charge is 2.32. The van der Waals surface area contributed by atoms with E-state index >= 15 is 0 Å². The average molecular weight is 614 g/mol. The Kier molecular flexibility index (Phi) is 9.37. The normalized spacial score (nSPS) is 19.8. The fraction of sp³-hybridized carbons (Fsp3) is 0.583. The van der Waals surface area contributed by atoms with Crippen LogP contribution < -0.4 is 11.1 Å². The zero-order valence-electron chi connectivity index (χ0n) is 21.3. The van der Waals surface area contributed by atoms with Crippen LogP contribution in [0.2, 0.25) is 0 Å². The van der Waals surface area contributed by atoms with Gasteiger partial charge in [-0.2, -0.15) is 5.10 Å². The molecule has 2 aromatic heterocycles. The monoisotopic (exact) mass is 614 g/mol. The molecule has 1 aliphatic carbocycles. The van der Waals surface area contributed by atoms with E-state index in [2.05, 4.69) is 71.9 Å². The maximum atomic E-state index is 12.7. The van der Waals surface area contributed by atoms with E-state index < -0.39 is 0 Å². The van der Waals surface area contributed by atoms with Gasteiger partial charge in [-0.25, -0.2) is 4.68 Å². The average Bonchev–Trinajstić information content (AvgIpc) is 3.50. The molecular weight excluding hydrogens is 578 g/mol. The number of nitrogens with zero attached hydrogens (tertiary/aromatic N) is 4. The molecule has 3 unspecified atom stereocenters. The molecule has 192 valence electrons. The number of nitrogens with two attached hydrogens (primary N) is 1. The maximum Gasteiger partial charge on any atom is 0.233 e. The molecule has 11 heteroatoms. The zero-order chi connectivity index (χ0) is 25.8. The van der Waals surface area contributed by atoms with Crippen molar-refractivity contribution >= 4 is 45.9 Å². The summed E-state index contributed by atoms with van der Waals surface area (Å²) >= 11 is 2.26. The first kappa shape index (κ1) is 27.6. The molecule has 9 nitrogen and oxygen atoms in total. The molecule has 3 N–H and O–H groups in total. The number of carbonyl (C=O) groups excluding carboxylic acids is 1. The summed E-state index contributed by atoms with van der Waals surface area (Å²) in [6.07, 6.45) is 4.82. The van der Waals surface area contributed by atoms with E-state index in [9.17, 15) is 4.79 Å². The van der Waals surface area contributed by atoms with Crippen LogP contribution in [-0.2, 0) is 21.5 Å². The third kappa shape index (κ3) is 7.29.